The third-order valence-corrected chi connectivity index (χ3v) is 3.87. The minimum absolute atomic E-state index is 0.273. The highest BCUT2D eigenvalue weighted by molar-refractivity contribution is 6.29. The van der Waals surface area contributed by atoms with Crippen LogP contribution in [0.4, 0.5) is 4.39 Å². The lowest BCUT2D eigenvalue weighted by Crippen LogP contribution is -1.99. The molecule has 100 valence electrons. The first-order chi connectivity index (χ1) is 9.74. The topological polar surface area (TPSA) is 43.1 Å². The van der Waals surface area contributed by atoms with Crippen molar-refractivity contribution < 1.29 is 4.39 Å². The normalized spacial score (nSPS) is 21.3. The van der Waals surface area contributed by atoms with Crippen LogP contribution in [0.2, 0.25) is 5.15 Å². The smallest absolute Gasteiger partial charge is 0.234 e. The van der Waals surface area contributed by atoms with Gasteiger partial charge in [0.15, 0.2) is 10.8 Å². The molecule has 1 unspecified atom stereocenters. The molecule has 4 rings (SSSR count). The Balaban J connectivity index is 1.77. The molecule has 0 aromatic carbocycles. The standard InChI is InChI=1S/C14H10ClFN4/c15-12-6-10(14-18-7-13(16)20(14)19-12)8-5-9(8)11-3-1-2-4-17-11/h1-4,6-9H,5H2/t8-,9?/m0/s1. The largest absolute Gasteiger partial charge is 0.261 e. The van der Waals surface area contributed by atoms with Crippen LogP contribution in [0.15, 0.2) is 36.7 Å². The molecule has 1 aliphatic rings. The van der Waals surface area contributed by atoms with Gasteiger partial charge in [-0.05, 0) is 30.5 Å². The highest BCUT2D eigenvalue weighted by Crippen LogP contribution is 2.54. The van der Waals surface area contributed by atoms with E-state index >= 15 is 0 Å². The molecule has 1 saturated carbocycles. The van der Waals surface area contributed by atoms with Gasteiger partial charge in [0.1, 0.15) is 0 Å². The maximum absolute atomic E-state index is 13.6. The van der Waals surface area contributed by atoms with E-state index in [-0.39, 0.29) is 11.1 Å². The Hall–Kier alpha value is -2.01. The van der Waals surface area contributed by atoms with E-state index in [1.54, 1.807) is 12.3 Å². The lowest BCUT2D eigenvalue weighted by atomic mass is 10.1. The van der Waals surface area contributed by atoms with E-state index in [1.165, 1.54) is 6.20 Å². The second kappa shape index (κ2) is 4.24. The average Bonchev–Trinajstić information content (AvgIpc) is 3.18. The highest BCUT2D eigenvalue weighted by Gasteiger charge is 2.42. The second-order valence-electron chi connectivity index (χ2n) is 4.94. The Morgan fingerprint density at radius 1 is 1.25 bits per heavy atom. The van der Waals surface area contributed by atoms with Gasteiger partial charge in [-0.15, -0.1) is 0 Å². The summed E-state index contributed by atoms with van der Waals surface area (Å²) in [5, 5.41) is 4.21. The summed E-state index contributed by atoms with van der Waals surface area (Å²) in [4.78, 5) is 8.47. The SMILES string of the molecule is Fc1cnc2c([C@H]3CC3c3ccccn3)cc(Cl)nn12. The van der Waals surface area contributed by atoms with Gasteiger partial charge in [-0.2, -0.15) is 14.0 Å². The molecule has 0 amide bonds. The van der Waals surface area contributed by atoms with Crippen molar-refractivity contribution in [2.75, 3.05) is 0 Å². The van der Waals surface area contributed by atoms with Crippen LogP contribution in [0.5, 0.6) is 0 Å². The minimum Gasteiger partial charge on any atom is -0.261 e. The lowest BCUT2D eigenvalue weighted by molar-refractivity contribution is 0.548. The molecule has 0 saturated heterocycles. The molecule has 20 heavy (non-hydrogen) atoms. The molecule has 0 spiro atoms. The van der Waals surface area contributed by atoms with E-state index in [2.05, 4.69) is 15.1 Å². The molecule has 4 nitrogen and oxygen atoms in total. The number of aromatic nitrogens is 4. The fraction of sp³-hybridized carbons (Fsp3) is 0.214. The van der Waals surface area contributed by atoms with Gasteiger partial charge in [0.2, 0.25) is 5.95 Å². The van der Waals surface area contributed by atoms with Crippen molar-refractivity contribution in [1.29, 1.82) is 0 Å². The van der Waals surface area contributed by atoms with Crippen LogP contribution in [0, 0.1) is 5.95 Å². The molecular weight excluding hydrogens is 279 g/mol. The molecule has 3 aromatic heterocycles. The Bertz CT molecular complexity index is 786. The Morgan fingerprint density at radius 2 is 2.15 bits per heavy atom. The quantitative estimate of drug-likeness (QED) is 0.727. The zero-order chi connectivity index (χ0) is 13.7. The number of fused-ring (bicyclic) bond motifs is 1. The van der Waals surface area contributed by atoms with Crippen LogP contribution < -0.4 is 0 Å². The zero-order valence-electron chi connectivity index (χ0n) is 10.4. The maximum atomic E-state index is 13.6. The fourth-order valence-corrected chi connectivity index (χ4v) is 2.86. The third-order valence-electron chi connectivity index (χ3n) is 3.68. The molecule has 1 fully saturated rings. The number of nitrogens with zero attached hydrogens (tertiary/aromatic N) is 4. The van der Waals surface area contributed by atoms with Crippen LogP contribution in [0.25, 0.3) is 5.65 Å². The number of hydrogen-bond donors (Lipinski definition) is 0. The van der Waals surface area contributed by atoms with Crippen LogP contribution in [0.1, 0.15) is 29.5 Å². The molecule has 3 heterocycles. The van der Waals surface area contributed by atoms with Gasteiger partial charge in [0.25, 0.3) is 0 Å². The van der Waals surface area contributed by atoms with E-state index in [0.29, 0.717) is 11.6 Å². The molecule has 2 atom stereocenters. The highest BCUT2D eigenvalue weighted by atomic mass is 35.5. The molecular formula is C14H10ClFN4. The first kappa shape index (κ1) is 11.8. The molecule has 0 radical (unpaired) electrons. The van der Waals surface area contributed by atoms with Crippen molar-refractivity contribution in [1.82, 2.24) is 19.6 Å². The molecule has 1 aliphatic carbocycles. The monoisotopic (exact) mass is 288 g/mol. The lowest BCUT2D eigenvalue weighted by Gasteiger charge is -2.04. The summed E-state index contributed by atoms with van der Waals surface area (Å²) in [5.41, 5.74) is 2.52. The van der Waals surface area contributed by atoms with Gasteiger partial charge in [-0.25, -0.2) is 4.98 Å². The molecule has 6 heteroatoms. The fourth-order valence-electron chi connectivity index (χ4n) is 2.67. The van der Waals surface area contributed by atoms with E-state index < -0.39 is 5.95 Å². The summed E-state index contributed by atoms with van der Waals surface area (Å²) in [6.07, 6.45) is 3.93. The Morgan fingerprint density at radius 3 is 2.95 bits per heavy atom. The summed E-state index contributed by atoms with van der Waals surface area (Å²) in [6, 6.07) is 7.65. The van der Waals surface area contributed by atoms with Crippen molar-refractivity contribution in [3.63, 3.8) is 0 Å². The molecule has 3 aromatic rings. The van der Waals surface area contributed by atoms with Gasteiger partial charge in [0, 0.05) is 23.4 Å². The summed E-state index contributed by atoms with van der Waals surface area (Å²) in [5.74, 6) is 0.117. The van der Waals surface area contributed by atoms with Crippen LogP contribution in [-0.2, 0) is 0 Å². The van der Waals surface area contributed by atoms with Gasteiger partial charge in [-0.3, -0.25) is 4.98 Å². The molecule has 0 bridgehead atoms. The summed E-state index contributed by atoms with van der Waals surface area (Å²) in [6.45, 7) is 0. The Kier molecular flexibility index (Phi) is 2.50. The number of imidazole rings is 1. The van der Waals surface area contributed by atoms with E-state index in [1.807, 2.05) is 18.2 Å². The predicted octanol–water partition coefficient (Wildman–Crippen LogP) is 3.19. The number of rotatable bonds is 2. The average molecular weight is 289 g/mol. The van der Waals surface area contributed by atoms with Crippen molar-refractivity contribution in [2.45, 2.75) is 18.3 Å². The summed E-state index contributed by atoms with van der Waals surface area (Å²) >= 11 is 5.98. The van der Waals surface area contributed by atoms with Crippen LogP contribution in [-0.4, -0.2) is 19.6 Å². The van der Waals surface area contributed by atoms with Crippen molar-refractivity contribution >= 4 is 17.2 Å². The van der Waals surface area contributed by atoms with E-state index in [0.717, 1.165) is 22.2 Å². The molecule has 0 N–H and O–H groups in total. The number of pyridine rings is 1. The van der Waals surface area contributed by atoms with E-state index in [9.17, 15) is 4.39 Å². The zero-order valence-corrected chi connectivity index (χ0v) is 11.1. The summed E-state index contributed by atoms with van der Waals surface area (Å²) in [7, 11) is 0. The van der Waals surface area contributed by atoms with Crippen molar-refractivity contribution in [3.05, 3.63) is 59.0 Å². The number of hydrogen-bond acceptors (Lipinski definition) is 3. The Labute approximate surface area is 119 Å². The van der Waals surface area contributed by atoms with Crippen LogP contribution in [0.3, 0.4) is 0 Å². The minimum atomic E-state index is -0.501. The van der Waals surface area contributed by atoms with Gasteiger partial charge in [0.05, 0.1) is 6.20 Å². The third kappa shape index (κ3) is 1.78. The molecule has 0 aliphatic heterocycles. The summed E-state index contributed by atoms with van der Waals surface area (Å²) < 4.78 is 14.7. The first-order valence-corrected chi connectivity index (χ1v) is 6.72. The predicted molar refractivity (Wildman–Crippen MR) is 72.3 cm³/mol. The van der Waals surface area contributed by atoms with E-state index in [4.69, 9.17) is 11.6 Å². The van der Waals surface area contributed by atoms with Crippen molar-refractivity contribution in [2.24, 2.45) is 0 Å². The van der Waals surface area contributed by atoms with Gasteiger partial charge < -0.3 is 0 Å². The van der Waals surface area contributed by atoms with Gasteiger partial charge >= 0.3 is 0 Å². The maximum Gasteiger partial charge on any atom is 0.234 e. The number of halogens is 2. The first-order valence-electron chi connectivity index (χ1n) is 6.34. The van der Waals surface area contributed by atoms with Gasteiger partial charge in [-0.1, -0.05) is 17.7 Å². The van der Waals surface area contributed by atoms with Crippen molar-refractivity contribution in [3.8, 4) is 0 Å². The second-order valence-corrected chi connectivity index (χ2v) is 5.33. The van der Waals surface area contributed by atoms with Crippen LogP contribution >= 0.6 is 11.6 Å².